The van der Waals surface area contributed by atoms with Crippen molar-refractivity contribution in [1.29, 1.82) is 0 Å². The zero-order valence-electron chi connectivity index (χ0n) is 18.3. The molecule has 2 aliphatic rings. The first-order chi connectivity index (χ1) is 14.9. The van der Waals surface area contributed by atoms with Crippen LogP contribution in [0.3, 0.4) is 0 Å². The van der Waals surface area contributed by atoms with Crippen molar-refractivity contribution < 1.29 is 23.8 Å². The first-order valence-corrected chi connectivity index (χ1v) is 10.4. The average molecular weight is 421 g/mol. The fourth-order valence-electron chi connectivity index (χ4n) is 4.70. The smallest absolute Gasteiger partial charge is 0.225 e. The highest BCUT2D eigenvalue weighted by Crippen LogP contribution is 2.46. The van der Waals surface area contributed by atoms with Gasteiger partial charge in [-0.2, -0.15) is 0 Å². The third kappa shape index (κ3) is 3.90. The summed E-state index contributed by atoms with van der Waals surface area (Å²) in [4.78, 5) is 25.8. The van der Waals surface area contributed by atoms with E-state index < -0.39 is 0 Å². The second kappa shape index (κ2) is 8.46. The number of benzene rings is 2. The van der Waals surface area contributed by atoms with Gasteiger partial charge in [-0.25, -0.2) is 0 Å². The molecule has 0 radical (unpaired) electrons. The van der Waals surface area contributed by atoms with Crippen molar-refractivity contribution in [3.05, 3.63) is 64.4 Å². The molecule has 6 heteroatoms. The Kier molecular flexibility index (Phi) is 5.72. The second-order valence-electron chi connectivity index (χ2n) is 8.10. The van der Waals surface area contributed by atoms with Gasteiger partial charge in [0.05, 0.1) is 21.3 Å². The van der Waals surface area contributed by atoms with Gasteiger partial charge in [-0.05, 0) is 42.5 Å². The molecule has 1 heterocycles. The monoisotopic (exact) mass is 421 g/mol. The van der Waals surface area contributed by atoms with Gasteiger partial charge in [0.1, 0.15) is 0 Å². The van der Waals surface area contributed by atoms with Crippen molar-refractivity contribution >= 4 is 11.7 Å². The van der Waals surface area contributed by atoms with E-state index in [1.165, 1.54) is 0 Å². The average Bonchev–Trinajstić information content (AvgIpc) is 2.77. The van der Waals surface area contributed by atoms with Gasteiger partial charge in [0.2, 0.25) is 11.7 Å². The lowest BCUT2D eigenvalue weighted by molar-refractivity contribution is -0.122. The normalized spacial score (nSPS) is 20.8. The first kappa shape index (κ1) is 21.0. The van der Waals surface area contributed by atoms with Crippen LogP contribution in [0, 0.1) is 6.92 Å². The number of aryl methyl sites for hydroxylation is 1. The Bertz CT molecular complexity index is 1050. The van der Waals surface area contributed by atoms with Crippen LogP contribution in [0.1, 0.15) is 47.8 Å². The summed E-state index contributed by atoms with van der Waals surface area (Å²) < 4.78 is 16.4. The number of hydrogen-bond donors (Lipinski definition) is 1. The van der Waals surface area contributed by atoms with Gasteiger partial charge < -0.3 is 19.5 Å². The summed E-state index contributed by atoms with van der Waals surface area (Å²) in [5, 5.41) is 2.98. The summed E-state index contributed by atoms with van der Waals surface area (Å²) in [6, 6.07) is 11.8. The predicted octanol–water partition coefficient (Wildman–Crippen LogP) is 4.03. The minimum absolute atomic E-state index is 0.0522. The summed E-state index contributed by atoms with van der Waals surface area (Å²) in [5.41, 5.74) is 4.53. The van der Waals surface area contributed by atoms with Gasteiger partial charge in [0.15, 0.2) is 17.3 Å². The predicted molar refractivity (Wildman–Crippen MR) is 117 cm³/mol. The summed E-state index contributed by atoms with van der Waals surface area (Å²) in [6.45, 7) is 2.02. The van der Waals surface area contributed by atoms with Crippen molar-refractivity contribution in [3.8, 4) is 17.2 Å². The number of amides is 1. The molecule has 0 bridgehead atoms. The van der Waals surface area contributed by atoms with Gasteiger partial charge in [-0.1, -0.05) is 29.8 Å². The van der Waals surface area contributed by atoms with Crippen LogP contribution >= 0.6 is 0 Å². The molecule has 0 fully saturated rings. The quantitative estimate of drug-likeness (QED) is 0.789. The zero-order valence-corrected chi connectivity index (χ0v) is 18.3. The molecule has 2 aromatic carbocycles. The van der Waals surface area contributed by atoms with Gasteiger partial charge >= 0.3 is 0 Å². The van der Waals surface area contributed by atoms with Crippen molar-refractivity contribution in [3.63, 3.8) is 0 Å². The molecule has 6 nitrogen and oxygen atoms in total. The van der Waals surface area contributed by atoms with Crippen LogP contribution in [0.15, 0.2) is 47.7 Å². The topological polar surface area (TPSA) is 73.9 Å². The Morgan fingerprint density at radius 3 is 2.19 bits per heavy atom. The van der Waals surface area contributed by atoms with E-state index in [2.05, 4.69) is 11.4 Å². The summed E-state index contributed by atoms with van der Waals surface area (Å²) in [5.74, 6) is 1.36. The van der Waals surface area contributed by atoms with Crippen LogP contribution in [0.5, 0.6) is 17.2 Å². The SMILES string of the molecule is COc1cc(C2CC(=O)C3=C(C2)NC(=O)CC3c2cccc(C)c2)cc(OC)c1OC. The number of Topliss-reactive ketones (excluding diaryl/α,β-unsaturated/α-hetero) is 1. The molecule has 162 valence electrons. The lowest BCUT2D eigenvalue weighted by Gasteiger charge is -2.34. The summed E-state index contributed by atoms with van der Waals surface area (Å²) in [6.07, 6.45) is 1.24. The molecule has 1 amide bonds. The van der Waals surface area contributed by atoms with Crippen LogP contribution in [0.2, 0.25) is 0 Å². The molecule has 0 saturated heterocycles. The molecular weight excluding hydrogens is 394 g/mol. The number of rotatable bonds is 5. The molecule has 1 aliphatic heterocycles. The van der Waals surface area contributed by atoms with E-state index in [9.17, 15) is 9.59 Å². The zero-order chi connectivity index (χ0) is 22.1. The Labute approximate surface area is 182 Å². The molecule has 4 rings (SSSR count). The Morgan fingerprint density at radius 1 is 0.871 bits per heavy atom. The van der Waals surface area contributed by atoms with Crippen LogP contribution in [0.4, 0.5) is 0 Å². The number of nitrogens with one attached hydrogen (secondary N) is 1. The highest BCUT2D eigenvalue weighted by atomic mass is 16.5. The molecule has 0 spiro atoms. The van der Waals surface area contributed by atoms with E-state index in [0.717, 1.165) is 28.0 Å². The minimum atomic E-state index is -0.197. The molecule has 2 atom stereocenters. The molecular formula is C25H27NO5. The number of methoxy groups -OCH3 is 3. The van der Waals surface area contributed by atoms with Crippen LogP contribution in [0.25, 0.3) is 0 Å². The van der Waals surface area contributed by atoms with Crippen molar-refractivity contribution in [2.75, 3.05) is 21.3 Å². The summed E-state index contributed by atoms with van der Waals surface area (Å²) in [7, 11) is 4.70. The highest BCUT2D eigenvalue weighted by Gasteiger charge is 2.38. The molecule has 2 aromatic rings. The number of ketones is 1. The van der Waals surface area contributed by atoms with E-state index in [1.54, 1.807) is 21.3 Å². The number of ether oxygens (including phenoxy) is 3. The Morgan fingerprint density at radius 2 is 1.58 bits per heavy atom. The minimum Gasteiger partial charge on any atom is -0.493 e. The fraction of sp³-hybridized carbons (Fsp3) is 0.360. The van der Waals surface area contributed by atoms with Crippen LogP contribution in [-0.4, -0.2) is 33.0 Å². The maximum atomic E-state index is 13.3. The number of carbonyl (C=O) groups is 2. The van der Waals surface area contributed by atoms with E-state index in [-0.39, 0.29) is 23.5 Å². The molecule has 2 unspecified atom stereocenters. The van der Waals surface area contributed by atoms with Crippen LogP contribution in [-0.2, 0) is 9.59 Å². The number of carbonyl (C=O) groups excluding carboxylic acids is 2. The number of hydrogen-bond acceptors (Lipinski definition) is 5. The highest BCUT2D eigenvalue weighted by molar-refractivity contribution is 6.02. The largest absolute Gasteiger partial charge is 0.493 e. The molecule has 1 N–H and O–H groups in total. The molecule has 0 aromatic heterocycles. The number of allylic oxidation sites excluding steroid dienone is 2. The maximum Gasteiger partial charge on any atom is 0.225 e. The standard InChI is InChI=1S/C25H27NO5/c1-14-6-5-7-15(8-14)18-13-23(28)26-19-9-16(10-20(27)24(18)19)17-11-21(29-2)25(31-4)22(12-17)30-3/h5-8,11-12,16,18H,9-10,13H2,1-4H3,(H,26,28). The summed E-state index contributed by atoms with van der Waals surface area (Å²) >= 11 is 0. The van der Waals surface area contributed by atoms with Gasteiger partial charge in [-0.15, -0.1) is 0 Å². The Hall–Kier alpha value is -3.28. The van der Waals surface area contributed by atoms with E-state index in [4.69, 9.17) is 14.2 Å². The van der Waals surface area contributed by atoms with Crippen molar-refractivity contribution in [2.45, 2.75) is 38.0 Å². The lowest BCUT2D eigenvalue weighted by atomic mass is 9.73. The van der Waals surface area contributed by atoms with Crippen molar-refractivity contribution in [2.24, 2.45) is 0 Å². The van der Waals surface area contributed by atoms with E-state index >= 15 is 0 Å². The second-order valence-corrected chi connectivity index (χ2v) is 8.10. The van der Waals surface area contributed by atoms with E-state index in [1.807, 2.05) is 37.3 Å². The van der Waals surface area contributed by atoms with E-state index in [0.29, 0.717) is 36.5 Å². The van der Waals surface area contributed by atoms with Gasteiger partial charge in [0.25, 0.3) is 0 Å². The third-order valence-electron chi connectivity index (χ3n) is 6.14. The maximum absolute atomic E-state index is 13.3. The third-order valence-corrected chi connectivity index (χ3v) is 6.14. The van der Waals surface area contributed by atoms with Crippen molar-refractivity contribution in [1.82, 2.24) is 5.32 Å². The lowest BCUT2D eigenvalue weighted by Crippen LogP contribution is -2.38. The van der Waals surface area contributed by atoms with Crippen LogP contribution < -0.4 is 19.5 Å². The molecule has 1 aliphatic carbocycles. The Balaban J connectivity index is 1.73. The van der Waals surface area contributed by atoms with Gasteiger partial charge in [0, 0.05) is 30.0 Å². The fourth-order valence-corrected chi connectivity index (χ4v) is 4.70. The first-order valence-electron chi connectivity index (χ1n) is 10.4. The molecule has 0 saturated carbocycles. The van der Waals surface area contributed by atoms with Gasteiger partial charge in [-0.3, -0.25) is 9.59 Å². The molecule has 31 heavy (non-hydrogen) atoms.